The molecule has 2 atom stereocenters. The Morgan fingerprint density at radius 3 is 3.00 bits per heavy atom. The van der Waals surface area contributed by atoms with Crippen molar-refractivity contribution in [1.82, 2.24) is 4.98 Å². The van der Waals surface area contributed by atoms with Crippen molar-refractivity contribution in [2.24, 2.45) is 11.8 Å². The number of ketones is 1. The maximum Gasteiger partial charge on any atom is 0.140 e. The fourth-order valence-corrected chi connectivity index (χ4v) is 2.42. The van der Waals surface area contributed by atoms with Crippen LogP contribution in [0.5, 0.6) is 0 Å². The first-order chi connectivity index (χ1) is 7.66. The van der Waals surface area contributed by atoms with Gasteiger partial charge in [0, 0.05) is 36.0 Å². The Bertz CT molecular complexity index is 389. The third-order valence-electron chi connectivity index (χ3n) is 3.46. The molecule has 0 spiro atoms. The van der Waals surface area contributed by atoms with Crippen LogP contribution in [0, 0.1) is 11.8 Å². The van der Waals surface area contributed by atoms with Crippen LogP contribution in [0.1, 0.15) is 31.7 Å². The van der Waals surface area contributed by atoms with Gasteiger partial charge in [-0.25, -0.2) is 0 Å². The normalized spacial score (nSPS) is 24.6. The molecule has 1 saturated carbocycles. The number of nitrogens with zero attached hydrogens (tertiary/aromatic N) is 1. The van der Waals surface area contributed by atoms with Crippen molar-refractivity contribution < 1.29 is 4.79 Å². The van der Waals surface area contributed by atoms with E-state index in [1.165, 1.54) is 6.42 Å². The van der Waals surface area contributed by atoms with Crippen LogP contribution in [0.4, 0.5) is 5.69 Å². The van der Waals surface area contributed by atoms with Crippen molar-refractivity contribution in [1.29, 1.82) is 0 Å². The molecule has 1 aromatic rings. The van der Waals surface area contributed by atoms with E-state index in [9.17, 15) is 4.79 Å². The first-order valence-corrected chi connectivity index (χ1v) is 5.88. The van der Waals surface area contributed by atoms with Gasteiger partial charge in [0.1, 0.15) is 5.78 Å². The smallest absolute Gasteiger partial charge is 0.140 e. The van der Waals surface area contributed by atoms with Crippen molar-refractivity contribution in [2.75, 3.05) is 5.73 Å². The van der Waals surface area contributed by atoms with Crippen molar-refractivity contribution >= 4 is 11.5 Å². The predicted molar refractivity (Wildman–Crippen MR) is 63.9 cm³/mol. The van der Waals surface area contributed by atoms with E-state index >= 15 is 0 Å². The zero-order chi connectivity index (χ0) is 11.5. The molecule has 0 aromatic carbocycles. The summed E-state index contributed by atoms with van der Waals surface area (Å²) in [6.45, 7) is 2.21. The second-order valence-corrected chi connectivity index (χ2v) is 4.83. The Hall–Kier alpha value is -1.38. The highest BCUT2D eigenvalue weighted by atomic mass is 16.1. The number of Topliss-reactive ketones (excluding diaryl/α,β-unsaturated/α-hetero) is 1. The average molecular weight is 218 g/mol. The first kappa shape index (κ1) is 11.1. The van der Waals surface area contributed by atoms with Crippen LogP contribution < -0.4 is 5.73 Å². The number of aromatic nitrogens is 1. The molecule has 1 aliphatic rings. The third kappa shape index (κ3) is 2.40. The second-order valence-electron chi connectivity index (χ2n) is 4.83. The molecule has 16 heavy (non-hydrogen) atoms. The van der Waals surface area contributed by atoms with Gasteiger partial charge >= 0.3 is 0 Å². The summed E-state index contributed by atoms with van der Waals surface area (Å²) in [5, 5.41) is 0. The molecule has 0 saturated heterocycles. The maximum absolute atomic E-state index is 12.0. The number of pyridine rings is 1. The van der Waals surface area contributed by atoms with Crippen LogP contribution in [0.25, 0.3) is 0 Å². The van der Waals surface area contributed by atoms with Crippen molar-refractivity contribution in [3.63, 3.8) is 0 Å². The molecule has 0 amide bonds. The van der Waals surface area contributed by atoms with E-state index in [1.54, 1.807) is 18.5 Å². The van der Waals surface area contributed by atoms with E-state index < -0.39 is 0 Å². The summed E-state index contributed by atoms with van der Waals surface area (Å²) in [5.41, 5.74) is 7.35. The molecule has 86 valence electrons. The van der Waals surface area contributed by atoms with Gasteiger partial charge in [-0.15, -0.1) is 0 Å². The Morgan fingerprint density at radius 1 is 1.56 bits per heavy atom. The summed E-state index contributed by atoms with van der Waals surface area (Å²) in [6, 6.07) is 1.75. The van der Waals surface area contributed by atoms with Crippen molar-refractivity contribution in [2.45, 2.75) is 32.6 Å². The Labute approximate surface area is 96.1 Å². The van der Waals surface area contributed by atoms with Gasteiger partial charge in [-0.1, -0.05) is 6.92 Å². The average Bonchev–Trinajstić information content (AvgIpc) is 2.68. The van der Waals surface area contributed by atoms with E-state index in [-0.39, 0.29) is 5.92 Å². The number of nitrogens with two attached hydrogens (primary N) is 1. The van der Waals surface area contributed by atoms with Gasteiger partial charge in [0.15, 0.2) is 0 Å². The van der Waals surface area contributed by atoms with Crippen LogP contribution in [-0.2, 0) is 11.2 Å². The van der Waals surface area contributed by atoms with Gasteiger partial charge in [0.05, 0.1) is 0 Å². The number of nitrogen functional groups attached to an aromatic ring is 1. The van der Waals surface area contributed by atoms with Crippen LogP contribution in [0.3, 0.4) is 0 Å². The molecule has 0 radical (unpaired) electrons. The molecule has 1 fully saturated rings. The summed E-state index contributed by atoms with van der Waals surface area (Å²) >= 11 is 0. The minimum absolute atomic E-state index is 0.245. The molecule has 2 unspecified atom stereocenters. The minimum atomic E-state index is 0.245. The first-order valence-electron chi connectivity index (χ1n) is 5.88. The highest BCUT2D eigenvalue weighted by molar-refractivity contribution is 5.84. The zero-order valence-electron chi connectivity index (χ0n) is 9.65. The lowest BCUT2D eigenvalue weighted by Gasteiger charge is -2.09. The molecule has 0 aliphatic heterocycles. The molecule has 0 bridgehead atoms. The van der Waals surface area contributed by atoms with E-state index in [0.29, 0.717) is 23.8 Å². The summed E-state index contributed by atoms with van der Waals surface area (Å²) in [4.78, 5) is 16.0. The van der Waals surface area contributed by atoms with Crippen LogP contribution in [0.15, 0.2) is 18.5 Å². The third-order valence-corrected chi connectivity index (χ3v) is 3.46. The van der Waals surface area contributed by atoms with Crippen LogP contribution in [-0.4, -0.2) is 10.8 Å². The van der Waals surface area contributed by atoms with Crippen LogP contribution >= 0.6 is 0 Å². The Balaban J connectivity index is 2.00. The Kier molecular flexibility index (Phi) is 3.22. The minimum Gasteiger partial charge on any atom is -0.398 e. The highest BCUT2D eigenvalue weighted by Gasteiger charge is 2.27. The lowest BCUT2D eigenvalue weighted by molar-refractivity contribution is -0.122. The van der Waals surface area contributed by atoms with E-state index in [2.05, 4.69) is 11.9 Å². The summed E-state index contributed by atoms with van der Waals surface area (Å²) in [6.07, 6.45) is 7.06. The lowest BCUT2D eigenvalue weighted by atomic mass is 9.96. The quantitative estimate of drug-likeness (QED) is 0.846. The number of carbonyl (C=O) groups excluding carboxylic acids is 1. The molecule has 2 N–H and O–H groups in total. The number of rotatable bonds is 3. The number of hydrogen-bond donors (Lipinski definition) is 1. The standard InChI is InChI=1S/C13H18N2O/c1-9-2-3-10(6-9)13(16)7-11-8-15-5-4-12(11)14/h4-5,8-10H,2-3,6-7H2,1H3,(H2,14,15). The summed E-state index contributed by atoms with van der Waals surface area (Å²) in [7, 11) is 0. The molecular weight excluding hydrogens is 200 g/mol. The fraction of sp³-hybridized carbons (Fsp3) is 0.538. The summed E-state index contributed by atoms with van der Waals surface area (Å²) < 4.78 is 0. The highest BCUT2D eigenvalue weighted by Crippen LogP contribution is 2.31. The molecule has 1 heterocycles. The van der Waals surface area contributed by atoms with Gasteiger partial charge in [-0.3, -0.25) is 9.78 Å². The predicted octanol–water partition coefficient (Wildman–Crippen LogP) is 2.21. The van der Waals surface area contributed by atoms with Crippen molar-refractivity contribution in [3.05, 3.63) is 24.0 Å². The molecule has 3 heteroatoms. The lowest BCUT2D eigenvalue weighted by Crippen LogP contribution is -2.15. The number of carbonyl (C=O) groups is 1. The molecule has 2 rings (SSSR count). The van der Waals surface area contributed by atoms with E-state index in [4.69, 9.17) is 5.73 Å². The molecular formula is C13H18N2O. The number of anilines is 1. The number of hydrogen-bond acceptors (Lipinski definition) is 3. The fourth-order valence-electron chi connectivity index (χ4n) is 2.42. The monoisotopic (exact) mass is 218 g/mol. The molecule has 1 aliphatic carbocycles. The van der Waals surface area contributed by atoms with Gasteiger partial charge in [0.25, 0.3) is 0 Å². The Morgan fingerprint density at radius 2 is 2.38 bits per heavy atom. The van der Waals surface area contributed by atoms with Gasteiger partial charge in [-0.2, -0.15) is 0 Å². The molecule has 3 nitrogen and oxygen atoms in total. The van der Waals surface area contributed by atoms with E-state index in [0.717, 1.165) is 18.4 Å². The zero-order valence-corrected chi connectivity index (χ0v) is 9.65. The topological polar surface area (TPSA) is 56.0 Å². The second kappa shape index (κ2) is 4.64. The van der Waals surface area contributed by atoms with Gasteiger partial charge in [-0.05, 0) is 31.2 Å². The maximum atomic E-state index is 12.0. The van der Waals surface area contributed by atoms with E-state index in [1.807, 2.05) is 0 Å². The van der Waals surface area contributed by atoms with Gasteiger partial charge < -0.3 is 5.73 Å². The van der Waals surface area contributed by atoms with Crippen LogP contribution in [0.2, 0.25) is 0 Å². The SMILES string of the molecule is CC1CCC(C(=O)Cc2cnccc2N)C1. The molecule has 1 aromatic heterocycles. The largest absolute Gasteiger partial charge is 0.398 e. The van der Waals surface area contributed by atoms with Gasteiger partial charge in [0.2, 0.25) is 0 Å². The summed E-state index contributed by atoms with van der Waals surface area (Å²) in [5.74, 6) is 1.26. The van der Waals surface area contributed by atoms with Crippen molar-refractivity contribution in [3.8, 4) is 0 Å².